The number of rotatable bonds is 6. The topological polar surface area (TPSA) is 3.24 Å². The second-order valence-corrected chi connectivity index (χ2v) is 4.92. The van der Waals surface area contributed by atoms with Gasteiger partial charge in [0.15, 0.2) is 0 Å². The maximum atomic E-state index is 2.54. The van der Waals surface area contributed by atoms with E-state index in [-0.39, 0.29) is 0 Å². The minimum Gasteiger partial charge on any atom is -0.300 e. The summed E-state index contributed by atoms with van der Waals surface area (Å²) in [7, 11) is 2.27. The van der Waals surface area contributed by atoms with Crippen LogP contribution in [-0.2, 0) is 0 Å². The molecular weight excluding hydrogens is 170 g/mol. The molecule has 0 aliphatic heterocycles. The number of nitrogens with zero attached hydrogens (tertiary/aromatic N) is 1. The smallest absolute Gasteiger partial charge is 0.00923 e. The molecule has 1 nitrogen and oxygen atoms in total. The average Bonchev–Trinajstić information content (AvgIpc) is 2.23. The van der Waals surface area contributed by atoms with Crippen LogP contribution < -0.4 is 0 Å². The fraction of sp³-hybridized carbons (Fsp3) is 1.00. The number of hydrogen-bond donors (Lipinski definition) is 0. The molecule has 4 unspecified atom stereocenters. The van der Waals surface area contributed by atoms with E-state index in [1.54, 1.807) is 0 Å². The van der Waals surface area contributed by atoms with Crippen LogP contribution in [0.1, 0.15) is 54.4 Å². The van der Waals surface area contributed by atoms with Gasteiger partial charge in [-0.05, 0) is 32.7 Å². The first-order chi connectivity index (χ1) is 6.45. The molecule has 0 aromatic heterocycles. The minimum atomic E-state index is 0.698. The molecule has 0 saturated heterocycles. The van der Waals surface area contributed by atoms with Crippen LogP contribution in [0.5, 0.6) is 0 Å². The van der Waals surface area contributed by atoms with Gasteiger partial charge in [0.25, 0.3) is 0 Å². The van der Waals surface area contributed by atoms with E-state index < -0.39 is 0 Å². The van der Waals surface area contributed by atoms with Crippen LogP contribution in [0.2, 0.25) is 0 Å². The van der Waals surface area contributed by atoms with Crippen molar-refractivity contribution < 1.29 is 0 Å². The van der Waals surface area contributed by atoms with Crippen LogP contribution in [-0.4, -0.2) is 24.0 Å². The molecule has 0 spiro atoms. The van der Waals surface area contributed by atoms with Crippen molar-refractivity contribution in [3.8, 4) is 0 Å². The van der Waals surface area contributed by atoms with E-state index in [1.807, 2.05) is 0 Å². The van der Waals surface area contributed by atoms with Gasteiger partial charge in [-0.2, -0.15) is 0 Å². The third-order valence-electron chi connectivity index (χ3n) is 4.22. The van der Waals surface area contributed by atoms with Crippen LogP contribution in [0.3, 0.4) is 0 Å². The Balaban J connectivity index is 4.22. The Labute approximate surface area is 90.9 Å². The van der Waals surface area contributed by atoms with Crippen molar-refractivity contribution in [3.05, 3.63) is 0 Å². The first kappa shape index (κ1) is 14.0. The van der Waals surface area contributed by atoms with Crippen molar-refractivity contribution in [3.63, 3.8) is 0 Å². The summed E-state index contributed by atoms with van der Waals surface area (Å²) in [5, 5.41) is 0. The highest BCUT2D eigenvalue weighted by Gasteiger charge is 2.22. The molecule has 0 aromatic carbocycles. The molecule has 0 aliphatic rings. The molecule has 0 fully saturated rings. The van der Waals surface area contributed by atoms with Crippen molar-refractivity contribution in [2.45, 2.75) is 66.5 Å². The van der Waals surface area contributed by atoms with Crippen molar-refractivity contribution in [1.29, 1.82) is 0 Å². The SMILES string of the molecule is CCC(C)C(C)N(C)C(C)C(C)CC. The fourth-order valence-electron chi connectivity index (χ4n) is 1.86. The molecule has 0 amide bonds. The predicted molar refractivity (Wildman–Crippen MR) is 65.6 cm³/mol. The highest BCUT2D eigenvalue weighted by Crippen LogP contribution is 2.20. The van der Waals surface area contributed by atoms with E-state index >= 15 is 0 Å². The maximum absolute atomic E-state index is 2.54. The highest BCUT2D eigenvalue weighted by atomic mass is 15.2. The summed E-state index contributed by atoms with van der Waals surface area (Å²) in [6, 6.07) is 1.40. The lowest BCUT2D eigenvalue weighted by Crippen LogP contribution is -2.43. The second kappa shape index (κ2) is 6.44. The predicted octanol–water partition coefficient (Wildman–Crippen LogP) is 3.79. The van der Waals surface area contributed by atoms with Crippen LogP contribution >= 0.6 is 0 Å². The molecule has 0 bridgehead atoms. The third kappa shape index (κ3) is 3.61. The van der Waals surface area contributed by atoms with E-state index in [9.17, 15) is 0 Å². The molecular formula is C13H29N. The van der Waals surface area contributed by atoms with Gasteiger partial charge in [-0.15, -0.1) is 0 Å². The summed E-state index contributed by atoms with van der Waals surface area (Å²) in [5.74, 6) is 1.60. The van der Waals surface area contributed by atoms with Crippen molar-refractivity contribution in [1.82, 2.24) is 4.90 Å². The summed E-state index contributed by atoms with van der Waals surface area (Å²) in [4.78, 5) is 2.54. The lowest BCUT2D eigenvalue weighted by Gasteiger charge is -2.37. The van der Waals surface area contributed by atoms with E-state index in [1.165, 1.54) is 12.8 Å². The van der Waals surface area contributed by atoms with Crippen LogP contribution in [0, 0.1) is 11.8 Å². The van der Waals surface area contributed by atoms with Crippen molar-refractivity contribution >= 4 is 0 Å². The summed E-state index contributed by atoms with van der Waals surface area (Å²) in [6.07, 6.45) is 2.55. The first-order valence-corrected chi connectivity index (χ1v) is 6.17. The zero-order chi connectivity index (χ0) is 11.3. The standard InChI is InChI=1S/C13H29N/c1-8-10(3)12(5)14(7)13(6)11(4)9-2/h10-13H,8-9H2,1-7H3. The molecule has 0 aliphatic carbocycles. The molecule has 86 valence electrons. The Morgan fingerprint density at radius 2 is 1.07 bits per heavy atom. The van der Waals surface area contributed by atoms with E-state index in [2.05, 4.69) is 53.5 Å². The zero-order valence-corrected chi connectivity index (χ0v) is 11.2. The van der Waals surface area contributed by atoms with Gasteiger partial charge in [0.05, 0.1) is 0 Å². The maximum Gasteiger partial charge on any atom is 0.00923 e. The van der Waals surface area contributed by atoms with Crippen LogP contribution in [0.15, 0.2) is 0 Å². The summed E-state index contributed by atoms with van der Waals surface area (Å²) in [5.41, 5.74) is 0. The molecule has 4 atom stereocenters. The van der Waals surface area contributed by atoms with Gasteiger partial charge in [0.1, 0.15) is 0 Å². The Bertz CT molecular complexity index is 128. The zero-order valence-electron chi connectivity index (χ0n) is 11.2. The van der Waals surface area contributed by atoms with Gasteiger partial charge in [-0.3, -0.25) is 0 Å². The van der Waals surface area contributed by atoms with Gasteiger partial charge in [-0.1, -0.05) is 40.5 Å². The largest absolute Gasteiger partial charge is 0.300 e. The molecule has 0 heterocycles. The Morgan fingerprint density at radius 1 is 0.786 bits per heavy atom. The average molecular weight is 199 g/mol. The highest BCUT2D eigenvalue weighted by molar-refractivity contribution is 4.76. The quantitative estimate of drug-likeness (QED) is 0.629. The lowest BCUT2D eigenvalue weighted by atomic mass is 9.94. The van der Waals surface area contributed by atoms with E-state index in [0.29, 0.717) is 12.1 Å². The van der Waals surface area contributed by atoms with Gasteiger partial charge >= 0.3 is 0 Å². The van der Waals surface area contributed by atoms with Gasteiger partial charge in [0.2, 0.25) is 0 Å². The molecule has 0 aromatic rings. The molecule has 14 heavy (non-hydrogen) atoms. The van der Waals surface area contributed by atoms with Crippen LogP contribution in [0.25, 0.3) is 0 Å². The number of hydrogen-bond acceptors (Lipinski definition) is 1. The van der Waals surface area contributed by atoms with Crippen LogP contribution in [0.4, 0.5) is 0 Å². The first-order valence-electron chi connectivity index (χ1n) is 6.17. The second-order valence-electron chi connectivity index (χ2n) is 4.92. The molecule has 1 heteroatoms. The van der Waals surface area contributed by atoms with Gasteiger partial charge < -0.3 is 4.90 Å². The Morgan fingerprint density at radius 3 is 1.29 bits per heavy atom. The molecule has 0 rings (SSSR count). The minimum absolute atomic E-state index is 0.698. The summed E-state index contributed by atoms with van der Waals surface area (Å²) >= 11 is 0. The monoisotopic (exact) mass is 199 g/mol. The fourth-order valence-corrected chi connectivity index (χ4v) is 1.86. The van der Waals surface area contributed by atoms with E-state index in [4.69, 9.17) is 0 Å². The molecule has 0 N–H and O–H groups in total. The molecule has 0 radical (unpaired) electrons. The summed E-state index contributed by atoms with van der Waals surface area (Å²) < 4.78 is 0. The molecule has 0 saturated carbocycles. The lowest BCUT2D eigenvalue weighted by molar-refractivity contribution is 0.114. The summed E-state index contributed by atoms with van der Waals surface area (Å²) in [6.45, 7) is 14.0. The van der Waals surface area contributed by atoms with Gasteiger partial charge in [-0.25, -0.2) is 0 Å². The van der Waals surface area contributed by atoms with E-state index in [0.717, 1.165) is 11.8 Å². The Kier molecular flexibility index (Phi) is 6.43. The normalized spacial score (nSPS) is 20.6. The van der Waals surface area contributed by atoms with Crippen molar-refractivity contribution in [2.75, 3.05) is 7.05 Å². The van der Waals surface area contributed by atoms with Crippen molar-refractivity contribution in [2.24, 2.45) is 11.8 Å². The van der Waals surface area contributed by atoms with Gasteiger partial charge in [0, 0.05) is 12.1 Å². The Hall–Kier alpha value is -0.0400. The third-order valence-corrected chi connectivity index (χ3v) is 4.22.